The molecule has 0 aliphatic heterocycles. The van der Waals surface area contributed by atoms with Crippen LogP contribution in [0.1, 0.15) is 113 Å². The van der Waals surface area contributed by atoms with E-state index in [2.05, 4.69) is 157 Å². The van der Waals surface area contributed by atoms with Gasteiger partial charge in [0.2, 0.25) is 0 Å². The van der Waals surface area contributed by atoms with Gasteiger partial charge in [0.25, 0.3) is 0 Å². The molecule has 51 heavy (non-hydrogen) atoms. The van der Waals surface area contributed by atoms with Crippen molar-refractivity contribution in [2.45, 2.75) is 110 Å². The fraction of sp³-hybridized carbons (Fsp3) is 0.362. The van der Waals surface area contributed by atoms with Crippen LogP contribution in [0, 0.1) is 6.92 Å². The molecule has 0 nitrogen and oxygen atoms in total. The van der Waals surface area contributed by atoms with Crippen molar-refractivity contribution in [3.8, 4) is 22.3 Å². The second-order valence-corrected chi connectivity index (χ2v) is 18.9. The normalized spacial score (nSPS) is 13.9. The zero-order valence-electron chi connectivity index (χ0n) is 31.8. The summed E-state index contributed by atoms with van der Waals surface area (Å²) in [6, 6.07) is 41.1. The standard InChI is InChI=1S/C25H29.C20H21.C2H6Si.2ClH.Zr/c1-3-18(2)19-12-14-21(15-13-19)24-11-7-10-22-16-23(17-25(22)24)20-8-5-4-6-9-20;1-4-15(3)16-8-10-17(11-9-16)19-7-5-6-18-12-14(2)13-20(18)19;1-3-2;;;/h7,10-18,20H,3-6,8-9H2,1-2H3;5-13,15H,4H2,1-3H3;1-2H3;2*1H;/q2*-1;;;;+4/p-2. The van der Waals surface area contributed by atoms with Crippen LogP contribution in [0.4, 0.5) is 0 Å². The SMILES string of the molecule is CCC(C)c1ccc(-c2cccc3[cH-]c(C)cc23)cc1.CCC(C)c1ccc(-c2cccc3[cH-]c(C4CCCCC4)cc23)cc1.C[Si]C.[Cl][Zr+2][Cl]. The van der Waals surface area contributed by atoms with Gasteiger partial charge in [0.05, 0.1) is 0 Å². The van der Waals surface area contributed by atoms with Crippen LogP contribution >= 0.6 is 17.0 Å². The summed E-state index contributed by atoms with van der Waals surface area (Å²) in [5.41, 5.74) is 11.2. The Bertz CT molecular complexity index is 1870. The van der Waals surface area contributed by atoms with E-state index in [0.717, 1.165) is 15.4 Å². The number of fused-ring (bicyclic) bond motifs is 2. The van der Waals surface area contributed by atoms with Gasteiger partial charge in [0.1, 0.15) is 0 Å². The molecule has 0 spiro atoms. The number of rotatable bonds is 7. The fourth-order valence-corrected chi connectivity index (χ4v) is 7.27. The minimum atomic E-state index is -0.826. The number of aryl methyl sites for hydroxylation is 1. The Labute approximate surface area is 330 Å². The third-order valence-corrected chi connectivity index (χ3v) is 10.6. The van der Waals surface area contributed by atoms with Gasteiger partial charge in [-0.2, -0.15) is 12.1 Å². The Morgan fingerprint density at radius 1 is 0.667 bits per heavy atom. The first-order chi connectivity index (χ1) is 24.8. The molecule has 2 radical (unpaired) electrons. The molecular weight excluding hydrogens is 755 g/mol. The van der Waals surface area contributed by atoms with E-state index in [4.69, 9.17) is 17.0 Å². The molecule has 0 saturated heterocycles. The van der Waals surface area contributed by atoms with Crippen molar-refractivity contribution in [2.75, 3.05) is 0 Å². The first-order valence-corrected chi connectivity index (χ1v) is 27.2. The second-order valence-electron chi connectivity index (χ2n) is 14.2. The Hall–Kier alpha value is -2.22. The summed E-state index contributed by atoms with van der Waals surface area (Å²) in [4.78, 5) is 0. The van der Waals surface area contributed by atoms with Crippen LogP contribution < -0.4 is 0 Å². The van der Waals surface area contributed by atoms with E-state index in [1.54, 1.807) is 5.56 Å². The van der Waals surface area contributed by atoms with E-state index in [1.165, 1.54) is 105 Å². The van der Waals surface area contributed by atoms with Crippen molar-refractivity contribution < 1.29 is 20.8 Å². The maximum atomic E-state index is 4.93. The summed E-state index contributed by atoms with van der Waals surface area (Å²) < 4.78 is 0. The quantitative estimate of drug-likeness (QED) is 0.111. The van der Waals surface area contributed by atoms with Crippen LogP contribution in [0.15, 0.2) is 109 Å². The van der Waals surface area contributed by atoms with Gasteiger partial charge < -0.3 is 0 Å². The van der Waals surface area contributed by atoms with Crippen molar-refractivity contribution in [1.82, 2.24) is 0 Å². The molecule has 6 aromatic rings. The summed E-state index contributed by atoms with van der Waals surface area (Å²) in [5.74, 6) is 2.06. The van der Waals surface area contributed by atoms with Crippen LogP contribution in [0.25, 0.3) is 43.8 Å². The van der Waals surface area contributed by atoms with E-state index in [1.807, 2.05) is 0 Å². The molecule has 2 atom stereocenters. The van der Waals surface area contributed by atoms with Gasteiger partial charge in [-0.3, -0.25) is 0 Å². The first kappa shape index (κ1) is 41.5. The molecule has 0 aromatic heterocycles. The maximum absolute atomic E-state index is 4.93. The molecule has 1 fully saturated rings. The molecule has 2 unspecified atom stereocenters. The summed E-state index contributed by atoms with van der Waals surface area (Å²) in [7, 11) is 11.0. The molecule has 4 heteroatoms. The molecular formula is C47H56Cl2SiZr. The topological polar surface area (TPSA) is 0 Å². The van der Waals surface area contributed by atoms with E-state index in [-0.39, 0.29) is 0 Å². The Morgan fingerprint density at radius 2 is 1.10 bits per heavy atom. The van der Waals surface area contributed by atoms with Crippen molar-refractivity contribution in [3.63, 3.8) is 0 Å². The summed E-state index contributed by atoms with van der Waals surface area (Å²) in [6.07, 6.45) is 9.35. The van der Waals surface area contributed by atoms with Gasteiger partial charge in [-0.15, -0.1) is 69.1 Å². The Morgan fingerprint density at radius 3 is 1.55 bits per heavy atom. The number of hydrogen-bond donors (Lipinski definition) is 0. The van der Waals surface area contributed by atoms with Gasteiger partial charge in [-0.25, -0.2) is 0 Å². The molecule has 266 valence electrons. The van der Waals surface area contributed by atoms with E-state index in [0.29, 0.717) is 11.8 Å². The predicted molar refractivity (Wildman–Crippen MR) is 227 cm³/mol. The summed E-state index contributed by atoms with van der Waals surface area (Å²) in [6.45, 7) is 15.6. The fourth-order valence-electron chi connectivity index (χ4n) is 7.27. The number of halogens is 2. The van der Waals surface area contributed by atoms with Gasteiger partial charge in [0.15, 0.2) is 0 Å². The van der Waals surface area contributed by atoms with Gasteiger partial charge >= 0.3 is 37.9 Å². The number of hydrogen-bond acceptors (Lipinski definition) is 0. The summed E-state index contributed by atoms with van der Waals surface area (Å²) in [5, 5.41) is 5.54. The van der Waals surface area contributed by atoms with Crippen LogP contribution in [-0.4, -0.2) is 9.52 Å². The van der Waals surface area contributed by atoms with Crippen LogP contribution in [0.5, 0.6) is 0 Å². The zero-order valence-corrected chi connectivity index (χ0v) is 36.8. The van der Waals surface area contributed by atoms with Crippen molar-refractivity contribution in [2.24, 2.45) is 0 Å². The second kappa shape index (κ2) is 21.5. The average Bonchev–Trinajstić information content (AvgIpc) is 3.79. The van der Waals surface area contributed by atoms with Crippen molar-refractivity contribution in [1.29, 1.82) is 0 Å². The molecule has 0 bridgehead atoms. The van der Waals surface area contributed by atoms with Gasteiger partial charge in [0, 0.05) is 9.52 Å². The van der Waals surface area contributed by atoms with Crippen LogP contribution in [-0.2, 0) is 20.8 Å². The first-order valence-electron chi connectivity index (χ1n) is 18.9. The molecule has 7 rings (SSSR count). The van der Waals surface area contributed by atoms with Crippen LogP contribution in [0.2, 0.25) is 13.1 Å². The molecule has 6 aromatic carbocycles. The monoisotopic (exact) mass is 808 g/mol. The predicted octanol–water partition coefficient (Wildman–Crippen LogP) is 16.0. The Kier molecular flexibility index (Phi) is 17.5. The molecule has 1 aliphatic rings. The molecule has 1 saturated carbocycles. The third-order valence-electron chi connectivity index (χ3n) is 10.6. The number of benzene rings is 4. The molecule has 0 amide bonds. The van der Waals surface area contributed by atoms with Gasteiger partial charge in [-0.05, 0) is 65.7 Å². The zero-order chi connectivity index (χ0) is 36.8. The van der Waals surface area contributed by atoms with Gasteiger partial charge in [-0.1, -0.05) is 139 Å². The third kappa shape index (κ3) is 11.4. The Balaban J connectivity index is 0.000000202. The molecule has 0 N–H and O–H groups in total. The minimum absolute atomic E-state index is 0.640. The molecule has 1 aliphatic carbocycles. The van der Waals surface area contributed by atoms with Crippen LogP contribution in [0.3, 0.4) is 0 Å². The molecule has 0 heterocycles. The van der Waals surface area contributed by atoms with Crippen molar-refractivity contribution >= 4 is 48.1 Å². The summed E-state index contributed by atoms with van der Waals surface area (Å²) >= 11 is -0.826. The van der Waals surface area contributed by atoms with E-state index < -0.39 is 20.8 Å². The van der Waals surface area contributed by atoms with E-state index >= 15 is 0 Å². The van der Waals surface area contributed by atoms with Crippen molar-refractivity contribution in [3.05, 3.63) is 131 Å². The van der Waals surface area contributed by atoms with E-state index in [9.17, 15) is 0 Å². The average molecular weight is 811 g/mol.